The van der Waals surface area contributed by atoms with Crippen molar-refractivity contribution in [3.05, 3.63) is 83.1 Å². The topological polar surface area (TPSA) is 71.8 Å². The third-order valence-electron chi connectivity index (χ3n) is 5.00. The summed E-state index contributed by atoms with van der Waals surface area (Å²) in [4.78, 5) is 13.5. The molecule has 0 radical (unpaired) electrons. The summed E-state index contributed by atoms with van der Waals surface area (Å²) in [6, 6.07) is 14.2. The summed E-state index contributed by atoms with van der Waals surface area (Å²) in [7, 11) is 0. The zero-order valence-electron chi connectivity index (χ0n) is 18.2. The lowest BCUT2D eigenvalue weighted by atomic mass is 10.0. The molecule has 0 fully saturated rings. The highest BCUT2D eigenvalue weighted by molar-refractivity contribution is 7.09. The molecule has 0 aliphatic carbocycles. The molecule has 2 aromatic carbocycles. The molecular weight excluding hydrogens is 449 g/mol. The van der Waals surface area contributed by atoms with E-state index in [1.807, 2.05) is 31.2 Å². The number of benzene rings is 2. The van der Waals surface area contributed by atoms with Crippen molar-refractivity contribution in [1.82, 2.24) is 19.3 Å². The van der Waals surface area contributed by atoms with Gasteiger partial charge in [0, 0.05) is 17.5 Å². The summed E-state index contributed by atoms with van der Waals surface area (Å²) < 4.78 is 43.0. The number of hydrogen-bond acceptors (Lipinski definition) is 6. The largest absolute Gasteiger partial charge is 0.416 e. The molecule has 4 rings (SSSR count). The Morgan fingerprint density at radius 3 is 2.06 bits per heavy atom. The van der Waals surface area contributed by atoms with E-state index in [0.29, 0.717) is 29.2 Å². The van der Waals surface area contributed by atoms with Crippen molar-refractivity contribution in [2.45, 2.75) is 39.0 Å². The van der Waals surface area contributed by atoms with Crippen molar-refractivity contribution in [2.75, 3.05) is 0 Å². The number of aryl methyl sites for hydroxylation is 1. The zero-order chi connectivity index (χ0) is 23.8. The number of nitrogens with zero attached hydrogens (tertiary/aromatic N) is 4. The SMILES string of the molecule is Cc1nsc(-c2ccc(Cc3nc(-c4ccc(C(F)(F)F)cc4)cc(C(C)(C)O)n3)cc2)n1. The molecule has 5 nitrogen and oxygen atoms in total. The maximum Gasteiger partial charge on any atom is 0.416 e. The molecular formula is C24H21F3N4OS. The minimum Gasteiger partial charge on any atom is -0.384 e. The molecule has 0 amide bonds. The smallest absolute Gasteiger partial charge is 0.384 e. The number of aliphatic hydroxyl groups is 1. The summed E-state index contributed by atoms with van der Waals surface area (Å²) in [6.07, 6.45) is -4.01. The summed E-state index contributed by atoms with van der Waals surface area (Å²) in [5, 5.41) is 11.4. The standard InChI is InChI=1S/C24H21F3N4OS/c1-14-28-22(33-31-14)17-6-4-15(5-7-17)12-21-29-19(13-20(30-21)23(2,3)32)16-8-10-18(11-9-16)24(25,26)27/h4-11,13,32H,12H2,1-3H3. The molecule has 0 atom stereocenters. The van der Waals surface area contributed by atoms with Crippen LogP contribution in [0.15, 0.2) is 54.6 Å². The van der Waals surface area contributed by atoms with Crippen molar-refractivity contribution in [3.63, 3.8) is 0 Å². The van der Waals surface area contributed by atoms with Gasteiger partial charge < -0.3 is 5.11 Å². The van der Waals surface area contributed by atoms with E-state index in [4.69, 9.17) is 0 Å². The Morgan fingerprint density at radius 1 is 0.879 bits per heavy atom. The average molecular weight is 471 g/mol. The highest BCUT2D eigenvalue weighted by Gasteiger charge is 2.30. The highest BCUT2D eigenvalue weighted by atomic mass is 32.1. The Bertz CT molecular complexity index is 1260. The van der Waals surface area contributed by atoms with Crippen LogP contribution in [0.3, 0.4) is 0 Å². The van der Waals surface area contributed by atoms with Gasteiger partial charge in [0.05, 0.1) is 17.0 Å². The van der Waals surface area contributed by atoms with Gasteiger partial charge in [-0.3, -0.25) is 0 Å². The van der Waals surface area contributed by atoms with Crippen LogP contribution in [0.2, 0.25) is 0 Å². The van der Waals surface area contributed by atoms with Crippen LogP contribution in [0.25, 0.3) is 21.8 Å². The number of rotatable bonds is 5. The van der Waals surface area contributed by atoms with Crippen LogP contribution < -0.4 is 0 Å². The molecule has 170 valence electrons. The molecule has 2 aromatic heterocycles. The van der Waals surface area contributed by atoms with Crippen LogP contribution in [0.5, 0.6) is 0 Å². The van der Waals surface area contributed by atoms with Gasteiger partial charge in [0.25, 0.3) is 0 Å². The molecule has 1 N–H and O–H groups in total. The van der Waals surface area contributed by atoms with Crippen molar-refractivity contribution in [3.8, 4) is 21.8 Å². The average Bonchev–Trinajstić information content (AvgIpc) is 3.19. The quantitative estimate of drug-likeness (QED) is 0.399. The lowest BCUT2D eigenvalue weighted by molar-refractivity contribution is -0.137. The van der Waals surface area contributed by atoms with E-state index >= 15 is 0 Å². The Hall–Kier alpha value is -3.17. The molecule has 4 aromatic rings. The Labute approximate surface area is 193 Å². The van der Waals surface area contributed by atoms with E-state index in [2.05, 4.69) is 19.3 Å². The van der Waals surface area contributed by atoms with E-state index in [9.17, 15) is 18.3 Å². The number of aromatic nitrogens is 4. The van der Waals surface area contributed by atoms with Gasteiger partial charge in [-0.05, 0) is 56.1 Å². The first kappa shape index (κ1) is 23.0. The van der Waals surface area contributed by atoms with Crippen LogP contribution in [0.1, 0.15) is 42.3 Å². The molecule has 0 saturated carbocycles. The first-order valence-electron chi connectivity index (χ1n) is 10.2. The van der Waals surface area contributed by atoms with Gasteiger partial charge in [0.2, 0.25) is 0 Å². The second-order valence-corrected chi connectivity index (χ2v) is 8.96. The van der Waals surface area contributed by atoms with Crippen LogP contribution in [-0.2, 0) is 18.2 Å². The fourth-order valence-electron chi connectivity index (χ4n) is 3.23. The molecule has 33 heavy (non-hydrogen) atoms. The third kappa shape index (κ3) is 5.43. The number of alkyl halides is 3. The molecule has 0 bridgehead atoms. The van der Waals surface area contributed by atoms with Crippen molar-refractivity contribution < 1.29 is 18.3 Å². The normalized spacial score (nSPS) is 12.2. The molecule has 0 aliphatic rings. The summed E-state index contributed by atoms with van der Waals surface area (Å²) in [6.45, 7) is 5.05. The fourth-order valence-corrected chi connectivity index (χ4v) is 3.90. The van der Waals surface area contributed by atoms with Crippen LogP contribution in [0.4, 0.5) is 13.2 Å². The molecule has 0 aliphatic heterocycles. The predicted octanol–water partition coefficient (Wildman–Crippen LogP) is 5.81. The molecule has 9 heteroatoms. The second kappa shape index (κ2) is 8.64. The van der Waals surface area contributed by atoms with Crippen LogP contribution in [0, 0.1) is 6.92 Å². The van der Waals surface area contributed by atoms with Gasteiger partial charge in [-0.2, -0.15) is 17.5 Å². The van der Waals surface area contributed by atoms with Crippen LogP contribution >= 0.6 is 11.5 Å². The summed E-state index contributed by atoms with van der Waals surface area (Å²) in [5.74, 6) is 1.19. The fraction of sp³-hybridized carbons (Fsp3) is 0.250. The zero-order valence-corrected chi connectivity index (χ0v) is 19.0. The molecule has 0 unspecified atom stereocenters. The van der Waals surface area contributed by atoms with E-state index in [1.165, 1.54) is 23.7 Å². The lowest BCUT2D eigenvalue weighted by Gasteiger charge is -2.18. The summed E-state index contributed by atoms with van der Waals surface area (Å²) >= 11 is 1.34. The minimum absolute atomic E-state index is 0.392. The maximum atomic E-state index is 12.9. The Morgan fingerprint density at radius 2 is 1.52 bits per heavy atom. The van der Waals surface area contributed by atoms with Crippen molar-refractivity contribution >= 4 is 11.5 Å². The van der Waals surface area contributed by atoms with Crippen LogP contribution in [-0.4, -0.2) is 24.4 Å². The van der Waals surface area contributed by atoms with E-state index in [1.54, 1.807) is 19.9 Å². The number of halogens is 3. The Balaban J connectivity index is 1.65. The Kier molecular flexibility index (Phi) is 6.02. The first-order chi connectivity index (χ1) is 15.5. The van der Waals surface area contributed by atoms with Gasteiger partial charge in [-0.15, -0.1) is 0 Å². The second-order valence-electron chi connectivity index (χ2n) is 8.21. The van der Waals surface area contributed by atoms with E-state index in [-0.39, 0.29) is 0 Å². The maximum absolute atomic E-state index is 12.9. The summed E-state index contributed by atoms with van der Waals surface area (Å²) in [5.41, 5.74) is 1.30. The van der Waals surface area contributed by atoms with Gasteiger partial charge in [-0.25, -0.2) is 15.0 Å². The van der Waals surface area contributed by atoms with Crippen molar-refractivity contribution in [2.24, 2.45) is 0 Å². The number of hydrogen-bond donors (Lipinski definition) is 1. The monoisotopic (exact) mass is 470 g/mol. The molecule has 0 saturated heterocycles. The van der Waals surface area contributed by atoms with E-state index < -0.39 is 17.3 Å². The lowest BCUT2D eigenvalue weighted by Crippen LogP contribution is -2.19. The minimum atomic E-state index is -4.41. The van der Waals surface area contributed by atoms with Gasteiger partial charge in [-0.1, -0.05) is 36.4 Å². The third-order valence-corrected chi connectivity index (χ3v) is 5.85. The highest BCUT2D eigenvalue weighted by Crippen LogP contribution is 2.31. The van der Waals surface area contributed by atoms with Gasteiger partial charge in [0.15, 0.2) is 0 Å². The molecule has 0 spiro atoms. The molecule has 2 heterocycles. The first-order valence-corrected chi connectivity index (χ1v) is 10.9. The van der Waals surface area contributed by atoms with Crippen molar-refractivity contribution in [1.29, 1.82) is 0 Å². The van der Waals surface area contributed by atoms with E-state index in [0.717, 1.165) is 34.1 Å². The predicted molar refractivity (Wildman–Crippen MR) is 121 cm³/mol. The van der Waals surface area contributed by atoms with Gasteiger partial charge in [0.1, 0.15) is 22.3 Å². The van der Waals surface area contributed by atoms with Gasteiger partial charge >= 0.3 is 6.18 Å².